The summed E-state index contributed by atoms with van der Waals surface area (Å²) in [6, 6.07) is 12.9. The second-order valence-electron chi connectivity index (χ2n) is 11.5. The van der Waals surface area contributed by atoms with Crippen LogP contribution in [0.3, 0.4) is 0 Å². The topological polar surface area (TPSA) is 83.9 Å². The minimum absolute atomic E-state index is 0.0434. The third-order valence-electron chi connectivity index (χ3n) is 8.64. The van der Waals surface area contributed by atoms with Crippen LogP contribution in [0.1, 0.15) is 46.8 Å². The minimum atomic E-state index is -4.68. The molecule has 1 amide bonds. The Morgan fingerprint density at radius 1 is 0.977 bits per heavy atom. The molecule has 43 heavy (non-hydrogen) atoms. The molecule has 0 spiro atoms. The average molecular weight is 617 g/mol. The molecular weight excluding hydrogens is 581 g/mol. The summed E-state index contributed by atoms with van der Waals surface area (Å²) in [5.41, 5.74) is 3.36. The minimum Gasteiger partial charge on any atom is -0.379 e. The molecule has 230 valence electrons. The summed E-state index contributed by atoms with van der Waals surface area (Å²) in [7, 11) is -4.32. The fraction of sp³-hybridized carbons (Fsp3) is 0.452. The van der Waals surface area contributed by atoms with Gasteiger partial charge in [-0.1, -0.05) is 24.3 Å². The highest BCUT2D eigenvalue weighted by Crippen LogP contribution is 2.36. The van der Waals surface area contributed by atoms with Crippen molar-refractivity contribution in [1.29, 1.82) is 0 Å². The first-order chi connectivity index (χ1) is 20.6. The van der Waals surface area contributed by atoms with Gasteiger partial charge in [0.2, 0.25) is 15.9 Å². The highest BCUT2D eigenvalue weighted by Gasteiger charge is 2.39. The number of halogens is 3. The van der Waals surface area contributed by atoms with E-state index in [-0.39, 0.29) is 24.9 Å². The van der Waals surface area contributed by atoms with Crippen LogP contribution >= 0.6 is 0 Å². The smallest absolute Gasteiger partial charge is 0.379 e. The molecule has 0 radical (unpaired) electrons. The number of sulfonamides is 1. The second kappa shape index (κ2) is 12.1. The zero-order chi connectivity index (χ0) is 30.2. The van der Waals surface area contributed by atoms with Crippen LogP contribution in [0.25, 0.3) is 0 Å². The van der Waals surface area contributed by atoms with Gasteiger partial charge in [0, 0.05) is 57.1 Å². The molecule has 0 saturated carbocycles. The van der Waals surface area contributed by atoms with Crippen molar-refractivity contribution in [3.05, 3.63) is 88.7 Å². The summed E-state index contributed by atoms with van der Waals surface area (Å²) in [5, 5.41) is 3.11. The van der Waals surface area contributed by atoms with Crippen molar-refractivity contribution in [2.75, 3.05) is 32.8 Å². The number of rotatable bonds is 7. The Hall–Kier alpha value is -3.19. The van der Waals surface area contributed by atoms with Gasteiger partial charge in [-0.05, 0) is 66.3 Å². The largest absolute Gasteiger partial charge is 0.416 e. The number of fused-ring (bicyclic) bond motifs is 2. The number of morpholine rings is 1. The van der Waals surface area contributed by atoms with Gasteiger partial charge in [0.1, 0.15) is 0 Å². The van der Waals surface area contributed by atoms with Gasteiger partial charge in [-0.25, -0.2) is 8.42 Å². The van der Waals surface area contributed by atoms with Crippen LogP contribution in [0, 0.1) is 0 Å². The molecule has 2 aliphatic heterocycles. The third-order valence-corrected chi connectivity index (χ3v) is 10.5. The summed E-state index contributed by atoms with van der Waals surface area (Å²) in [5.74, 6) is -0.290. The summed E-state index contributed by atoms with van der Waals surface area (Å²) < 4.78 is 75.9. The van der Waals surface area contributed by atoms with Crippen molar-refractivity contribution in [2.45, 2.75) is 61.9 Å². The molecule has 6 rings (SSSR count). The Bertz CT molecular complexity index is 1580. The molecule has 1 fully saturated rings. The predicted molar refractivity (Wildman–Crippen MR) is 154 cm³/mol. The van der Waals surface area contributed by atoms with Crippen molar-refractivity contribution in [3.8, 4) is 0 Å². The Labute approximate surface area is 249 Å². The first-order valence-corrected chi connectivity index (χ1v) is 16.1. The Morgan fingerprint density at radius 2 is 1.79 bits per heavy atom. The number of hydrogen-bond acceptors (Lipinski definition) is 5. The normalized spacial score (nSPS) is 21.7. The van der Waals surface area contributed by atoms with Crippen LogP contribution in [0.4, 0.5) is 13.2 Å². The fourth-order valence-corrected chi connectivity index (χ4v) is 8.05. The monoisotopic (exact) mass is 616 g/mol. The Morgan fingerprint density at radius 3 is 2.58 bits per heavy atom. The van der Waals surface area contributed by atoms with E-state index in [1.807, 2.05) is 10.8 Å². The van der Waals surface area contributed by atoms with Gasteiger partial charge in [0.15, 0.2) is 0 Å². The van der Waals surface area contributed by atoms with Crippen LogP contribution in [0.5, 0.6) is 0 Å². The lowest BCUT2D eigenvalue weighted by molar-refractivity contribution is -0.137. The van der Waals surface area contributed by atoms with Crippen LogP contribution in [0.15, 0.2) is 65.7 Å². The number of nitrogens with one attached hydrogen (secondary N) is 1. The lowest BCUT2D eigenvalue weighted by atomic mass is 9.87. The van der Waals surface area contributed by atoms with E-state index in [0.717, 1.165) is 57.8 Å². The summed E-state index contributed by atoms with van der Waals surface area (Å²) in [4.78, 5) is 15.3. The van der Waals surface area contributed by atoms with Gasteiger partial charge in [0.05, 0.1) is 29.7 Å². The fourth-order valence-electron chi connectivity index (χ4n) is 6.42. The van der Waals surface area contributed by atoms with E-state index in [1.54, 1.807) is 12.1 Å². The van der Waals surface area contributed by atoms with Gasteiger partial charge in [-0.2, -0.15) is 17.5 Å². The molecule has 3 aliphatic rings. The number of amides is 1. The molecule has 1 N–H and O–H groups in total. The molecule has 1 aliphatic carbocycles. The van der Waals surface area contributed by atoms with Crippen LogP contribution in [-0.2, 0) is 51.7 Å². The molecule has 12 heteroatoms. The van der Waals surface area contributed by atoms with Gasteiger partial charge >= 0.3 is 6.18 Å². The van der Waals surface area contributed by atoms with Gasteiger partial charge < -0.3 is 14.6 Å². The molecule has 2 atom stereocenters. The molecule has 8 nitrogen and oxygen atoms in total. The zero-order valence-electron chi connectivity index (χ0n) is 23.7. The van der Waals surface area contributed by atoms with E-state index >= 15 is 0 Å². The number of carbonyl (C=O) groups excluding carboxylic acids is 1. The molecule has 3 heterocycles. The highest BCUT2D eigenvalue weighted by atomic mass is 32.2. The highest BCUT2D eigenvalue weighted by molar-refractivity contribution is 7.89. The van der Waals surface area contributed by atoms with Gasteiger partial charge in [0.25, 0.3) is 0 Å². The lowest BCUT2D eigenvalue weighted by Gasteiger charge is -2.36. The maximum absolute atomic E-state index is 13.7. The predicted octanol–water partition coefficient (Wildman–Crippen LogP) is 4.15. The van der Waals surface area contributed by atoms with E-state index in [4.69, 9.17) is 4.74 Å². The first-order valence-electron chi connectivity index (χ1n) is 14.6. The molecule has 1 aromatic heterocycles. The molecule has 0 bridgehead atoms. The Kier molecular flexibility index (Phi) is 8.38. The summed E-state index contributed by atoms with van der Waals surface area (Å²) in [6.07, 6.45) is -0.701. The number of hydrogen-bond donors (Lipinski definition) is 1. The summed E-state index contributed by atoms with van der Waals surface area (Å²) >= 11 is 0. The maximum Gasteiger partial charge on any atom is 0.416 e. The van der Waals surface area contributed by atoms with Crippen molar-refractivity contribution < 1.29 is 31.1 Å². The number of benzene rings is 2. The average Bonchev–Trinajstić information content (AvgIpc) is 3.47. The van der Waals surface area contributed by atoms with Crippen LogP contribution in [-0.4, -0.2) is 67.0 Å². The van der Waals surface area contributed by atoms with E-state index in [9.17, 15) is 26.4 Å². The van der Waals surface area contributed by atoms with E-state index in [1.165, 1.54) is 27.1 Å². The molecule has 2 aromatic carbocycles. The number of alkyl halides is 3. The molecule has 2 unspecified atom stereocenters. The van der Waals surface area contributed by atoms with Crippen molar-refractivity contribution >= 4 is 15.9 Å². The molecular formula is C31H35F3N4O4S. The first kappa shape index (κ1) is 29.9. The van der Waals surface area contributed by atoms with Crippen molar-refractivity contribution in [3.63, 3.8) is 0 Å². The van der Waals surface area contributed by atoms with Crippen molar-refractivity contribution in [1.82, 2.24) is 19.1 Å². The number of ether oxygens (including phenoxy) is 1. The zero-order valence-corrected chi connectivity index (χ0v) is 24.5. The SMILES string of the molecule is O=C(CC1c2cccn2CCN1S(=O)(=O)c1cccc(C(F)(F)F)c1)NC1CCc2cc(CN3CCOCC3)ccc2C1. The maximum atomic E-state index is 13.7. The molecule has 3 aromatic rings. The number of nitrogens with zero attached hydrogens (tertiary/aromatic N) is 3. The lowest BCUT2D eigenvalue weighted by Crippen LogP contribution is -2.45. The van der Waals surface area contributed by atoms with Gasteiger partial charge in [-0.15, -0.1) is 0 Å². The van der Waals surface area contributed by atoms with E-state index < -0.39 is 32.7 Å². The van der Waals surface area contributed by atoms with Crippen molar-refractivity contribution in [2.24, 2.45) is 0 Å². The number of carbonyl (C=O) groups is 1. The van der Waals surface area contributed by atoms with E-state index in [2.05, 4.69) is 28.4 Å². The third kappa shape index (κ3) is 6.52. The Balaban J connectivity index is 1.15. The quantitative estimate of drug-likeness (QED) is 0.432. The number of aromatic nitrogens is 1. The van der Waals surface area contributed by atoms with Gasteiger partial charge in [-0.3, -0.25) is 9.69 Å². The van der Waals surface area contributed by atoms with E-state index in [0.29, 0.717) is 24.7 Å². The second-order valence-corrected chi connectivity index (χ2v) is 13.4. The summed E-state index contributed by atoms with van der Waals surface area (Å²) in [6.45, 7) is 4.64. The standard InChI is InChI=1S/C31H35F3N4O4S/c32-31(33,34)25-3-1-4-27(19-25)43(40,41)38-12-11-37-10-2-5-28(37)29(38)20-30(39)35-26-9-8-23-17-22(6-7-24(23)18-26)21-36-13-15-42-16-14-36/h1-7,10,17,19,26,29H,8-9,11-16,18,20-21H2,(H,35,39). The number of aryl methyl sites for hydroxylation is 1. The van der Waals surface area contributed by atoms with Crippen LogP contribution in [0.2, 0.25) is 0 Å². The molecule has 1 saturated heterocycles. The van der Waals surface area contributed by atoms with Crippen LogP contribution < -0.4 is 5.32 Å².